The van der Waals surface area contributed by atoms with Gasteiger partial charge in [0, 0.05) is 10.8 Å². The average molecular weight is 884 g/mol. The van der Waals surface area contributed by atoms with Gasteiger partial charge in [-0.05, 0) is 209 Å². The summed E-state index contributed by atoms with van der Waals surface area (Å²) in [6.07, 6.45) is 7.43. The van der Waals surface area contributed by atoms with Crippen molar-refractivity contribution in [3.63, 3.8) is 0 Å². The quantitative estimate of drug-likeness (QED) is 0.0502. The molecule has 8 nitrogen and oxygen atoms in total. The summed E-state index contributed by atoms with van der Waals surface area (Å²) in [5.74, 6) is 1.65. The Balaban J connectivity index is 1.46. The van der Waals surface area contributed by atoms with Crippen LogP contribution in [0.4, 0.5) is 0 Å². The molecule has 0 bridgehead atoms. The summed E-state index contributed by atoms with van der Waals surface area (Å²) in [6, 6.07) is 24.3. The van der Waals surface area contributed by atoms with Crippen LogP contribution in [0.2, 0.25) is 0 Å². The molecule has 0 amide bonds. The molecule has 3 aliphatic rings. The van der Waals surface area contributed by atoms with Crippen molar-refractivity contribution in [3.8, 4) is 44.5 Å². The molecule has 9 rings (SSSR count). The first-order valence-corrected chi connectivity index (χ1v) is 24.3. The van der Waals surface area contributed by atoms with Gasteiger partial charge in [0.1, 0.15) is 0 Å². The average Bonchev–Trinajstić information content (AvgIpc) is 3.74. The molecule has 0 fully saturated rings. The normalized spacial score (nSPS) is 14.7. The Labute approximate surface area is 391 Å². The van der Waals surface area contributed by atoms with Crippen molar-refractivity contribution in [2.24, 2.45) is 23.7 Å². The molecule has 0 saturated carbocycles. The van der Waals surface area contributed by atoms with Crippen LogP contribution in [-0.2, 0) is 10.8 Å². The summed E-state index contributed by atoms with van der Waals surface area (Å²) >= 11 is 0. The molecule has 0 unspecified atom stereocenters. The van der Waals surface area contributed by atoms with Gasteiger partial charge in [0.05, 0.1) is 0 Å². The number of hydrogen-bond acceptors (Lipinski definition) is 8. The van der Waals surface area contributed by atoms with Gasteiger partial charge in [0.15, 0.2) is 0 Å². The lowest BCUT2D eigenvalue weighted by atomic mass is 9.51. The van der Waals surface area contributed by atoms with E-state index in [1.54, 1.807) is 24.3 Å². The standard InChI is InChI=1S/C54H64B4O8/c1-29(2)9-13-53(14-10-30(3)4)47-25-39-41(45-23-37(57(63)64)19-33-17-35(55(59)60)21-43(39)51(33)45)27-49(47)54(15-11-31(5)6,16-12-32(7)8)50-28-42-40(26-48(50)53)44-22-36(56(61)62)18-34-20-38(58(65)66)24-46(42)52(34)44/h17-32,59-66H,9-16H2,1-8H3. The highest BCUT2D eigenvalue weighted by Crippen LogP contribution is 2.63. The smallest absolute Gasteiger partial charge is 0.423 e. The van der Waals surface area contributed by atoms with Gasteiger partial charge in [-0.3, -0.25) is 0 Å². The first-order valence-electron chi connectivity index (χ1n) is 24.3. The van der Waals surface area contributed by atoms with Gasteiger partial charge >= 0.3 is 28.5 Å². The Bertz CT molecular complexity index is 2500. The minimum absolute atomic E-state index is 0.339. The third-order valence-electron chi connectivity index (χ3n) is 15.5. The van der Waals surface area contributed by atoms with Crippen LogP contribution in [0.15, 0.2) is 72.8 Å². The van der Waals surface area contributed by atoms with Crippen LogP contribution in [0.1, 0.15) is 129 Å². The molecule has 12 heteroatoms. The second kappa shape index (κ2) is 17.4. The molecule has 0 heterocycles. The molecule has 0 spiro atoms. The van der Waals surface area contributed by atoms with Crippen molar-refractivity contribution in [1.82, 2.24) is 0 Å². The lowest BCUT2D eigenvalue weighted by Crippen LogP contribution is -2.44. The van der Waals surface area contributed by atoms with Gasteiger partial charge in [0.2, 0.25) is 0 Å². The minimum atomic E-state index is -1.72. The minimum Gasteiger partial charge on any atom is -0.423 e. The zero-order chi connectivity index (χ0) is 47.3. The van der Waals surface area contributed by atoms with Crippen molar-refractivity contribution in [2.45, 2.75) is 118 Å². The van der Waals surface area contributed by atoms with Crippen LogP contribution in [0, 0.1) is 23.7 Å². The van der Waals surface area contributed by atoms with Crippen LogP contribution < -0.4 is 21.9 Å². The Kier molecular flexibility index (Phi) is 12.3. The fourth-order valence-electron chi connectivity index (χ4n) is 12.0. The van der Waals surface area contributed by atoms with E-state index in [1.165, 1.54) is 22.3 Å². The Morgan fingerprint density at radius 3 is 0.712 bits per heavy atom. The molecule has 0 atom stereocenters. The van der Waals surface area contributed by atoms with Crippen molar-refractivity contribution in [2.75, 3.05) is 0 Å². The molecular formula is C54H64B4O8. The van der Waals surface area contributed by atoms with Gasteiger partial charge in [-0.15, -0.1) is 0 Å². The highest BCUT2D eigenvalue weighted by molar-refractivity contribution is 6.61. The molecule has 66 heavy (non-hydrogen) atoms. The SMILES string of the molecule is CC(C)CCC1(CCC(C)C)c2cc3c(cc2C(CCC(C)C)(CCC(C)C)c2cc4c(cc21)-c1cc(B(O)O)cc2cc(B(O)O)cc-4c12)-c1cc(B(O)O)cc2cc(B(O)O)cc-3c12. The van der Waals surface area contributed by atoms with Gasteiger partial charge in [-0.25, -0.2) is 0 Å². The molecule has 0 saturated heterocycles. The van der Waals surface area contributed by atoms with Crippen LogP contribution in [0.25, 0.3) is 66.1 Å². The molecule has 6 aromatic carbocycles. The highest BCUT2D eigenvalue weighted by Gasteiger charge is 2.52. The topological polar surface area (TPSA) is 162 Å². The summed E-state index contributed by atoms with van der Waals surface area (Å²) in [4.78, 5) is 0. The van der Waals surface area contributed by atoms with Gasteiger partial charge in [-0.1, -0.05) is 104 Å². The number of hydrogen-bond donors (Lipinski definition) is 8. The fourth-order valence-corrected chi connectivity index (χ4v) is 12.0. The Hall–Kier alpha value is -4.22. The Morgan fingerprint density at radius 1 is 0.318 bits per heavy atom. The number of fused-ring (bicyclic) bond motifs is 8. The first kappa shape index (κ1) is 46.9. The van der Waals surface area contributed by atoms with E-state index < -0.39 is 39.3 Å². The van der Waals surface area contributed by atoms with E-state index in [1.807, 2.05) is 24.3 Å². The van der Waals surface area contributed by atoms with Crippen LogP contribution >= 0.6 is 0 Å². The zero-order valence-corrected chi connectivity index (χ0v) is 39.8. The third-order valence-corrected chi connectivity index (χ3v) is 15.5. The lowest BCUT2D eigenvalue weighted by molar-refractivity contribution is 0.301. The number of benzene rings is 6. The summed E-state index contributed by atoms with van der Waals surface area (Å²) in [6.45, 7) is 18.3. The Morgan fingerprint density at radius 2 is 0.530 bits per heavy atom. The molecule has 340 valence electrons. The molecule has 0 aromatic heterocycles. The molecular weight excluding hydrogens is 820 g/mol. The molecule has 0 radical (unpaired) electrons. The predicted octanol–water partition coefficient (Wildman–Crippen LogP) is 6.64. The van der Waals surface area contributed by atoms with E-state index in [-0.39, 0.29) is 0 Å². The molecule has 0 aliphatic heterocycles. The highest BCUT2D eigenvalue weighted by atomic mass is 16.4. The predicted molar refractivity (Wildman–Crippen MR) is 274 cm³/mol. The van der Waals surface area contributed by atoms with E-state index in [9.17, 15) is 40.2 Å². The van der Waals surface area contributed by atoms with E-state index in [0.29, 0.717) is 45.5 Å². The fraction of sp³-hybridized carbons (Fsp3) is 0.407. The summed E-state index contributed by atoms with van der Waals surface area (Å²) in [5, 5.41) is 88.5. The maximum atomic E-state index is 10.6. The van der Waals surface area contributed by atoms with Crippen molar-refractivity contribution in [1.29, 1.82) is 0 Å². The molecule has 6 aromatic rings. The van der Waals surface area contributed by atoms with Gasteiger partial charge in [-0.2, -0.15) is 0 Å². The zero-order valence-electron chi connectivity index (χ0n) is 39.8. The second-order valence-corrected chi connectivity index (χ2v) is 21.7. The van der Waals surface area contributed by atoms with E-state index in [4.69, 9.17) is 0 Å². The van der Waals surface area contributed by atoms with E-state index in [2.05, 4.69) is 79.7 Å². The first-order chi connectivity index (χ1) is 31.2. The van der Waals surface area contributed by atoms with Crippen LogP contribution in [0.3, 0.4) is 0 Å². The van der Waals surface area contributed by atoms with Crippen molar-refractivity contribution in [3.05, 3.63) is 95.1 Å². The third kappa shape index (κ3) is 7.70. The number of rotatable bonds is 16. The van der Waals surface area contributed by atoms with Crippen molar-refractivity contribution >= 4 is 71.9 Å². The molecule has 3 aliphatic carbocycles. The van der Waals surface area contributed by atoms with Gasteiger partial charge in [0.25, 0.3) is 0 Å². The van der Waals surface area contributed by atoms with Crippen LogP contribution in [0.5, 0.6) is 0 Å². The summed E-state index contributed by atoms with van der Waals surface area (Å²) < 4.78 is 0. The lowest BCUT2D eigenvalue weighted by Gasteiger charge is -2.52. The van der Waals surface area contributed by atoms with Crippen molar-refractivity contribution < 1.29 is 40.2 Å². The van der Waals surface area contributed by atoms with Gasteiger partial charge < -0.3 is 40.2 Å². The largest absolute Gasteiger partial charge is 0.488 e. The maximum absolute atomic E-state index is 10.6. The summed E-state index contributed by atoms with van der Waals surface area (Å²) in [5.41, 5.74) is 13.2. The van der Waals surface area contributed by atoms with E-state index >= 15 is 0 Å². The monoisotopic (exact) mass is 884 g/mol. The summed E-state index contributed by atoms with van der Waals surface area (Å²) in [7, 11) is -6.88. The molecule has 8 N–H and O–H groups in total. The second-order valence-electron chi connectivity index (χ2n) is 21.7. The van der Waals surface area contributed by atoms with Crippen LogP contribution in [-0.4, -0.2) is 68.7 Å². The maximum Gasteiger partial charge on any atom is 0.488 e. The van der Waals surface area contributed by atoms with E-state index in [0.717, 1.165) is 117 Å².